The van der Waals surface area contributed by atoms with Crippen molar-refractivity contribution in [1.82, 2.24) is 19.1 Å². The molecule has 0 aliphatic carbocycles. The number of nitrogens with zero attached hydrogens (tertiary/aromatic N) is 4. The summed E-state index contributed by atoms with van der Waals surface area (Å²) >= 11 is 0. The quantitative estimate of drug-likeness (QED) is 0.188. The summed E-state index contributed by atoms with van der Waals surface area (Å²) in [6.07, 6.45) is 0. The molecular weight excluding hydrogens is 633 g/mol. The molecule has 0 fully saturated rings. The van der Waals surface area contributed by atoms with Crippen molar-refractivity contribution in [2.75, 3.05) is 0 Å². The Bertz CT molecular complexity index is 3190. The van der Waals surface area contributed by atoms with Crippen molar-refractivity contribution in [3.63, 3.8) is 0 Å². The van der Waals surface area contributed by atoms with Gasteiger partial charge < -0.3 is 4.57 Å². The van der Waals surface area contributed by atoms with Crippen molar-refractivity contribution < 1.29 is 0 Å². The standard InChI is InChI=1S/C48H30N4/c1-2-14-36(15-3-1)51-43-20-10-7-16-37(43)40-29-33(24-26-45(40)51)34-25-27-46-41(30-34)38-17-8-11-21-44(38)52(46)48-49-42-19-9-6-18-39(42)47(50-48)35-23-22-31-12-4-5-13-32(31)28-35/h1-30H. The average molecular weight is 663 g/mol. The van der Waals surface area contributed by atoms with Crippen LogP contribution in [0.5, 0.6) is 0 Å². The Balaban J connectivity index is 1.11. The van der Waals surface area contributed by atoms with Crippen LogP contribution in [0, 0.1) is 0 Å². The lowest BCUT2D eigenvalue weighted by atomic mass is 10.0. The topological polar surface area (TPSA) is 35.6 Å². The van der Waals surface area contributed by atoms with E-state index in [-0.39, 0.29) is 0 Å². The van der Waals surface area contributed by atoms with Crippen molar-refractivity contribution in [3.05, 3.63) is 182 Å². The number of hydrogen-bond donors (Lipinski definition) is 0. The smallest absolute Gasteiger partial charge is 0.235 e. The van der Waals surface area contributed by atoms with Gasteiger partial charge in [-0.2, -0.15) is 0 Å². The van der Waals surface area contributed by atoms with E-state index in [1.165, 1.54) is 54.5 Å². The predicted octanol–water partition coefficient (Wildman–Crippen LogP) is 12.3. The molecule has 0 saturated carbocycles. The molecule has 0 N–H and O–H groups in total. The molecule has 0 atom stereocenters. The zero-order chi connectivity index (χ0) is 34.2. The Hall–Kier alpha value is -7.04. The minimum Gasteiger partial charge on any atom is -0.309 e. The van der Waals surface area contributed by atoms with Gasteiger partial charge >= 0.3 is 0 Å². The summed E-state index contributed by atoms with van der Waals surface area (Å²) in [7, 11) is 0. The van der Waals surface area contributed by atoms with E-state index in [4.69, 9.17) is 9.97 Å². The molecule has 0 unspecified atom stereocenters. The molecule has 3 heterocycles. The van der Waals surface area contributed by atoms with Gasteiger partial charge in [-0.3, -0.25) is 4.57 Å². The van der Waals surface area contributed by atoms with Crippen LogP contribution < -0.4 is 0 Å². The molecule has 0 aliphatic rings. The minimum atomic E-state index is 0.663. The van der Waals surface area contributed by atoms with Crippen molar-refractivity contribution in [2.45, 2.75) is 0 Å². The number of benzene rings is 8. The highest BCUT2D eigenvalue weighted by Crippen LogP contribution is 2.39. The molecule has 0 radical (unpaired) electrons. The first-order valence-electron chi connectivity index (χ1n) is 17.7. The van der Waals surface area contributed by atoms with E-state index < -0.39 is 0 Å². The molecule has 52 heavy (non-hydrogen) atoms. The summed E-state index contributed by atoms with van der Waals surface area (Å²) in [4.78, 5) is 10.5. The lowest BCUT2D eigenvalue weighted by Gasteiger charge is -2.12. The Kier molecular flexibility index (Phi) is 6.22. The van der Waals surface area contributed by atoms with Gasteiger partial charge in [0, 0.05) is 38.2 Å². The molecular formula is C48H30N4. The molecule has 0 saturated heterocycles. The molecule has 242 valence electrons. The van der Waals surface area contributed by atoms with Crippen molar-refractivity contribution in [2.24, 2.45) is 0 Å². The number of rotatable bonds is 4. The van der Waals surface area contributed by atoms with E-state index in [0.29, 0.717) is 5.95 Å². The highest BCUT2D eigenvalue weighted by Gasteiger charge is 2.19. The first-order chi connectivity index (χ1) is 25.8. The molecule has 0 aliphatic heterocycles. The van der Waals surface area contributed by atoms with E-state index in [2.05, 4.69) is 191 Å². The average Bonchev–Trinajstić information content (AvgIpc) is 3.73. The molecule has 0 bridgehead atoms. The largest absolute Gasteiger partial charge is 0.309 e. The van der Waals surface area contributed by atoms with Crippen molar-refractivity contribution in [1.29, 1.82) is 0 Å². The van der Waals surface area contributed by atoms with Crippen LogP contribution in [-0.4, -0.2) is 19.1 Å². The van der Waals surface area contributed by atoms with Gasteiger partial charge in [-0.15, -0.1) is 0 Å². The van der Waals surface area contributed by atoms with Crippen LogP contribution in [0.4, 0.5) is 0 Å². The Morgan fingerprint density at radius 2 is 0.865 bits per heavy atom. The normalized spacial score (nSPS) is 11.8. The highest BCUT2D eigenvalue weighted by molar-refractivity contribution is 6.12. The van der Waals surface area contributed by atoms with Crippen LogP contribution in [0.25, 0.3) is 99.3 Å². The summed E-state index contributed by atoms with van der Waals surface area (Å²) in [6.45, 7) is 0. The van der Waals surface area contributed by atoms with Gasteiger partial charge in [0.05, 0.1) is 33.3 Å². The van der Waals surface area contributed by atoms with Gasteiger partial charge in [-0.05, 0) is 82.6 Å². The monoisotopic (exact) mass is 662 g/mol. The third-order valence-electron chi connectivity index (χ3n) is 10.5. The Labute approximate surface area is 299 Å². The van der Waals surface area contributed by atoms with Crippen LogP contribution >= 0.6 is 0 Å². The van der Waals surface area contributed by atoms with Crippen LogP contribution in [0.1, 0.15) is 0 Å². The molecule has 4 nitrogen and oxygen atoms in total. The zero-order valence-electron chi connectivity index (χ0n) is 28.1. The third-order valence-corrected chi connectivity index (χ3v) is 10.5. The molecule has 0 amide bonds. The van der Waals surface area contributed by atoms with E-state index >= 15 is 0 Å². The summed E-state index contributed by atoms with van der Waals surface area (Å²) in [5.41, 5.74) is 11.0. The SMILES string of the molecule is c1ccc(-n2c3ccccc3c3cc(-c4ccc5c(c4)c4ccccc4n5-c4nc(-c5ccc6ccccc6c5)c5ccccc5n4)ccc32)cc1. The number of para-hydroxylation sites is 4. The molecule has 3 aromatic heterocycles. The molecule has 11 aromatic rings. The van der Waals surface area contributed by atoms with Crippen LogP contribution in [-0.2, 0) is 0 Å². The fourth-order valence-corrected chi connectivity index (χ4v) is 8.10. The molecule has 8 aromatic carbocycles. The fourth-order valence-electron chi connectivity index (χ4n) is 8.10. The van der Waals surface area contributed by atoms with E-state index in [9.17, 15) is 0 Å². The minimum absolute atomic E-state index is 0.663. The molecule has 0 spiro atoms. The van der Waals surface area contributed by atoms with E-state index in [1.807, 2.05) is 0 Å². The van der Waals surface area contributed by atoms with Gasteiger partial charge in [0.25, 0.3) is 0 Å². The highest BCUT2D eigenvalue weighted by atomic mass is 15.2. The lowest BCUT2D eigenvalue weighted by molar-refractivity contribution is 1.01. The third kappa shape index (κ3) is 4.34. The predicted molar refractivity (Wildman–Crippen MR) is 217 cm³/mol. The van der Waals surface area contributed by atoms with Gasteiger partial charge in [0.1, 0.15) is 0 Å². The van der Waals surface area contributed by atoms with Crippen molar-refractivity contribution >= 4 is 65.3 Å². The van der Waals surface area contributed by atoms with Gasteiger partial charge in [-0.1, -0.05) is 121 Å². The summed E-state index contributed by atoms with van der Waals surface area (Å²) in [5.74, 6) is 0.663. The Morgan fingerprint density at radius 1 is 0.327 bits per heavy atom. The molecule has 4 heteroatoms. The lowest BCUT2D eigenvalue weighted by Crippen LogP contribution is -2.03. The number of aromatic nitrogens is 4. The second-order valence-electron chi connectivity index (χ2n) is 13.5. The maximum absolute atomic E-state index is 5.34. The first-order valence-corrected chi connectivity index (χ1v) is 17.7. The van der Waals surface area contributed by atoms with Crippen LogP contribution in [0.2, 0.25) is 0 Å². The summed E-state index contributed by atoms with van der Waals surface area (Å²) in [5, 5.41) is 8.27. The van der Waals surface area contributed by atoms with E-state index in [0.717, 1.165) is 38.9 Å². The van der Waals surface area contributed by atoms with Crippen molar-refractivity contribution in [3.8, 4) is 34.0 Å². The second kappa shape index (κ2) is 11.2. The zero-order valence-corrected chi connectivity index (χ0v) is 28.1. The van der Waals surface area contributed by atoms with Crippen LogP contribution in [0.15, 0.2) is 182 Å². The summed E-state index contributed by atoms with van der Waals surface area (Å²) < 4.78 is 4.59. The maximum Gasteiger partial charge on any atom is 0.235 e. The van der Waals surface area contributed by atoms with Crippen LogP contribution in [0.3, 0.4) is 0 Å². The van der Waals surface area contributed by atoms with E-state index in [1.54, 1.807) is 0 Å². The first kappa shape index (κ1) is 28.8. The van der Waals surface area contributed by atoms with Gasteiger partial charge in [0.2, 0.25) is 5.95 Å². The number of fused-ring (bicyclic) bond motifs is 8. The maximum atomic E-state index is 5.34. The Morgan fingerprint density at radius 3 is 1.60 bits per heavy atom. The van der Waals surface area contributed by atoms with Gasteiger partial charge in [-0.25, -0.2) is 9.97 Å². The van der Waals surface area contributed by atoms with Gasteiger partial charge in [0.15, 0.2) is 0 Å². The number of hydrogen-bond acceptors (Lipinski definition) is 2. The second-order valence-corrected chi connectivity index (χ2v) is 13.5. The summed E-state index contributed by atoms with van der Waals surface area (Å²) in [6, 6.07) is 65.0. The molecule has 11 rings (SSSR count). The fraction of sp³-hybridized carbons (Fsp3) is 0.